The molecule has 0 saturated carbocycles. The molecule has 0 radical (unpaired) electrons. The first-order chi connectivity index (χ1) is 6.79. The van der Waals surface area contributed by atoms with Crippen LogP contribution < -0.4 is 0 Å². The van der Waals surface area contributed by atoms with Gasteiger partial charge < -0.3 is 0 Å². The Morgan fingerprint density at radius 3 is 2.07 bits per heavy atom. The first kappa shape index (κ1) is 10.7. The summed E-state index contributed by atoms with van der Waals surface area (Å²) in [6, 6.07) is 10.9. The van der Waals surface area contributed by atoms with Crippen LogP contribution in [0.2, 0.25) is 0 Å². The van der Waals surface area contributed by atoms with Gasteiger partial charge in [0, 0.05) is 5.39 Å². The quantitative estimate of drug-likeness (QED) is 0.580. The van der Waals surface area contributed by atoms with E-state index in [9.17, 15) is 4.39 Å². The largest absolute Gasteiger partial charge is 0.206 e. The second-order valence-electron chi connectivity index (χ2n) is 2.91. The van der Waals surface area contributed by atoms with Crippen LogP contribution in [0.15, 0.2) is 36.4 Å². The maximum Gasteiger partial charge on any atom is 0.131 e. The summed E-state index contributed by atoms with van der Waals surface area (Å²) in [5, 5.41) is 1.70. The molecule has 0 aliphatic carbocycles. The van der Waals surface area contributed by atoms with E-state index in [2.05, 4.69) is 0 Å². The van der Waals surface area contributed by atoms with Crippen LogP contribution in [0, 0.1) is 12.7 Å². The first-order valence-corrected chi connectivity index (χ1v) is 4.93. The van der Waals surface area contributed by atoms with Gasteiger partial charge in [-0.25, -0.2) is 4.39 Å². The second kappa shape index (κ2) is 4.75. The molecule has 0 heterocycles. The minimum atomic E-state index is -0.134. The fraction of sp³-hybridized carbons (Fsp3) is 0.231. The molecule has 0 aliphatic heterocycles. The Labute approximate surface area is 84.4 Å². The molecule has 14 heavy (non-hydrogen) atoms. The van der Waals surface area contributed by atoms with Gasteiger partial charge in [-0.1, -0.05) is 44.2 Å². The Morgan fingerprint density at radius 2 is 1.50 bits per heavy atom. The highest BCUT2D eigenvalue weighted by atomic mass is 19.1. The SMILES string of the molecule is CC.Cc1cccc2cccc(F)c12. The van der Waals surface area contributed by atoms with Gasteiger partial charge in [-0.3, -0.25) is 0 Å². The van der Waals surface area contributed by atoms with Gasteiger partial charge in [-0.05, 0) is 23.9 Å². The molecule has 0 spiro atoms. The lowest BCUT2D eigenvalue weighted by Crippen LogP contribution is -1.82. The Morgan fingerprint density at radius 1 is 0.929 bits per heavy atom. The van der Waals surface area contributed by atoms with E-state index >= 15 is 0 Å². The minimum absolute atomic E-state index is 0.134. The number of aryl methyl sites for hydroxylation is 1. The van der Waals surface area contributed by atoms with Crippen LogP contribution in [0.3, 0.4) is 0 Å². The third-order valence-electron chi connectivity index (χ3n) is 2.06. The molecule has 2 aromatic rings. The summed E-state index contributed by atoms with van der Waals surface area (Å²) in [7, 11) is 0. The summed E-state index contributed by atoms with van der Waals surface area (Å²) in [4.78, 5) is 0. The van der Waals surface area contributed by atoms with Crippen molar-refractivity contribution in [3.05, 3.63) is 47.8 Å². The number of rotatable bonds is 0. The molecule has 0 amide bonds. The minimum Gasteiger partial charge on any atom is -0.206 e. The normalized spacial score (nSPS) is 9.43. The lowest BCUT2D eigenvalue weighted by atomic mass is 10.1. The average Bonchev–Trinajstić information content (AvgIpc) is 2.21. The zero-order valence-corrected chi connectivity index (χ0v) is 8.84. The lowest BCUT2D eigenvalue weighted by Gasteiger charge is -2.01. The molecule has 0 nitrogen and oxygen atoms in total. The number of hydrogen-bond donors (Lipinski definition) is 0. The Bertz CT molecular complexity index is 382. The van der Waals surface area contributed by atoms with Crippen molar-refractivity contribution in [3.8, 4) is 0 Å². The van der Waals surface area contributed by atoms with Gasteiger partial charge in [0.15, 0.2) is 0 Å². The molecule has 0 fully saturated rings. The molecule has 2 rings (SSSR count). The van der Waals surface area contributed by atoms with E-state index in [1.807, 2.05) is 45.0 Å². The van der Waals surface area contributed by atoms with Crippen molar-refractivity contribution in [1.29, 1.82) is 0 Å². The van der Waals surface area contributed by atoms with Crippen molar-refractivity contribution in [2.75, 3.05) is 0 Å². The van der Waals surface area contributed by atoms with Gasteiger partial charge in [0.2, 0.25) is 0 Å². The Kier molecular flexibility index (Phi) is 3.63. The van der Waals surface area contributed by atoms with Gasteiger partial charge in [0.05, 0.1) is 0 Å². The Balaban J connectivity index is 0.000000461. The zero-order chi connectivity index (χ0) is 10.6. The summed E-state index contributed by atoms with van der Waals surface area (Å²) in [6.45, 7) is 5.92. The molecular formula is C13H15F. The summed E-state index contributed by atoms with van der Waals surface area (Å²) < 4.78 is 13.2. The van der Waals surface area contributed by atoms with Gasteiger partial charge in [0.1, 0.15) is 5.82 Å². The molecule has 0 bridgehead atoms. The van der Waals surface area contributed by atoms with Crippen molar-refractivity contribution >= 4 is 10.8 Å². The smallest absolute Gasteiger partial charge is 0.131 e. The maximum atomic E-state index is 13.2. The summed E-state index contributed by atoms with van der Waals surface area (Å²) in [6.07, 6.45) is 0. The number of benzene rings is 2. The molecule has 0 aromatic heterocycles. The van der Waals surface area contributed by atoms with E-state index in [-0.39, 0.29) is 5.82 Å². The van der Waals surface area contributed by atoms with Crippen molar-refractivity contribution in [2.24, 2.45) is 0 Å². The highest BCUT2D eigenvalue weighted by molar-refractivity contribution is 5.85. The van der Waals surface area contributed by atoms with E-state index in [1.54, 1.807) is 6.07 Å². The lowest BCUT2D eigenvalue weighted by molar-refractivity contribution is 0.639. The predicted octanol–water partition coefficient (Wildman–Crippen LogP) is 4.31. The van der Waals surface area contributed by atoms with Gasteiger partial charge in [-0.15, -0.1) is 0 Å². The van der Waals surface area contributed by atoms with E-state index in [0.717, 1.165) is 16.3 Å². The average molecular weight is 190 g/mol. The fourth-order valence-electron chi connectivity index (χ4n) is 1.48. The molecule has 0 saturated heterocycles. The molecule has 0 unspecified atom stereocenters. The van der Waals surface area contributed by atoms with Crippen molar-refractivity contribution in [2.45, 2.75) is 20.8 Å². The number of hydrogen-bond acceptors (Lipinski definition) is 0. The zero-order valence-electron chi connectivity index (χ0n) is 8.84. The molecular weight excluding hydrogens is 175 g/mol. The molecule has 0 N–H and O–H groups in total. The molecule has 74 valence electrons. The van der Waals surface area contributed by atoms with Gasteiger partial charge in [-0.2, -0.15) is 0 Å². The van der Waals surface area contributed by atoms with E-state index in [1.165, 1.54) is 6.07 Å². The predicted molar refractivity (Wildman–Crippen MR) is 60.0 cm³/mol. The van der Waals surface area contributed by atoms with Gasteiger partial charge >= 0.3 is 0 Å². The fourth-order valence-corrected chi connectivity index (χ4v) is 1.48. The van der Waals surface area contributed by atoms with Crippen molar-refractivity contribution in [1.82, 2.24) is 0 Å². The summed E-state index contributed by atoms with van der Waals surface area (Å²) in [5.74, 6) is -0.134. The summed E-state index contributed by atoms with van der Waals surface area (Å²) in [5.41, 5.74) is 0.991. The Hall–Kier alpha value is -1.37. The van der Waals surface area contributed by atoms with Crippen LogP contribution in [0.5, 0.6) is 0 Å². The van der Waals surface area contributed by atoms with Crippen LogP contribution in [-0.4, -0.2) is 0 Å². The van der Waals surface area contributed by atoms with Crippen molar-refractivity contribution < 1.29 is 4.39 Å². The highest BCUT2D eigenvalue weighted by Gasteiger charge is 2.00. The van der Waals surface area contributed by atoms with Crippen molar-refractivity contribution in [3.63, 3.8) is 0 Å². The third-order valence-corrected chi connectivity index (χ3v) is 2.06. The van der Waals surface area contributed by atoms with Crippen LogP contribution in [0.4, 0.5) is 4.39 Å². The first-order valence-electron chi connectivity index (χ1n) is 4.93. The summed E-state index contributed by atoms with van der Waals surface area (Å²) >= 11 is 0. The van der Waals surface area contributed by atoms with E-state index < -0.39 is 0 Å². The number of fused-ring (bicyclic) bond motifs is 1. The van der Waals surface area contributed by atoms with Crippen LogP contribution in [0.25, 0.3) is 10.8 Å². The van der Waals surface area contributed by atoms with Crippen LogP contribution in [-0.2, 0) is 0 Å². The topological polar surface area (TPSA) is 0 Å². The second-order valence-corrected chi connectivity index (χ2v) is 2.91. The monoisotopic (exact) mass is 190 g/mol. The molecule has 1 heteroatoms. The maximum absolute atomic E-state index is 13.2. The molecule has 0 atom stereocenters. The molecule has 2 aromatic carbocycles. The van der Waals surface area contributed by atoms with E-state index in [0.29, 0.717) is 0 Å². The molecule has 0 aliphatic rings. The van der Waals surface area contributed by atoms with Gasteiger partial charge in [0.25, 0.3) is 0 Å². The standard InChI is InChI=1S/C11H9F.C2H6/c1-8-4-2-5-9-6-3-7-10(12)11(8)9;1-2/h2-7H,1H3;1-2H3. The third kappa shape index (κ3) is 1.92. The highest BCUT2D eigenvalue weighted by Crippen LogP contribution is 2.20. The van der Waals surface area contributed by atoms with E-state index in [4.69, 9.17) is 0 Å². The van der Waals surface area contributed by atoms with Crippen LogP contribution >= 0.6 is 0 Å². The van der Waals surface area contributed by atoms with Crippen LogP contribution in [0.1, 0.15) is 19.4 Å². The number of halogens is 1.